The van der Waals surface area contributed by atoms with E-state index in [-0.39, 0.29) is 24.0 Å². The number of rotatable bonds is 6. The van der Waals surface area contributed by atoms with Crippen LogP contribution in [0.3, 0.4) is 0 Å². The maximum absolute atomic E-state index is 12.5. The van der Waals surface area contributed by atoms with Gasteiger partial charge in [0, 0.05) is 18.7 Å². The molecule has 1 heterocycles. The van der Waals surface area contributed by atoms with Crippen LogP contribution in [0, 0.1) is 11.8 Å². The number of halogens is 1. The van der Waals surface area contributed by atoms with Crippen LogP contribution in [0.25, 0.3) is 0 Å². The number of ether oxygens (including phenoxy) is 1. The molecule has 0 radical (unpaired) electrons. The molecule has 1 fully saturated rings. The number of carbonyl (C=O) groups is 1. The van der Waals surface area contributed by atoms with Gasteiger partial charge in [-0.1, -0.05) is 35.6 Å². The standard InChI is InChI=1S/C21H21ClN2O4S/c22-19-7-1-2-8-20(19)28-16-6-3-13-23-21(25)17-9-11-18(12-10-17)29(26,27)24-14-4-5-15-24/h1-2,7-12H,4-5,13-16H2,(H,23,25). The third-order valence-electron chi connectivity index (χ3n) is 4.42. The number of nitrogens with one attached hydrogen (secondary N) is 1. The number of nitrogens with zero attached hydrogens (tertiary/aromatic N) is 1. The molecule has 29 heavy (non-hydrogen) atoms. The lowest BCUT2D eigenvalue weighted by Gasteiger charge is -2.15. The molecule has 1 aliphatic rings. The number of hydrogen-bond donors (Lipinski definition) is 1. The molecule has 3 rings (SSSR count). The largest absolute Gasteiger partial charge is 0.479 e. The zero-order valence-corrected chi connectivity index (χ0v) is 17.3. The topological polar surface area (TPSA) is 75.7 Å². The van der Waals surface area contributed by atoms with E-state index < -0.39 is 10.0 Å². The molecule has 2 aromatic rings. The highest BCUT2D eigenvalue weighted by Gasteiger charge is 2.27. The highest BCUT2D eigenvalue weighted by Crippen LogP contribution is 2.23. The minimum Gasteiger partial charge on any atom is -0.479 e. The summed E-state index contributed by atoms with van der Waals surface area (Å²) in [7, 11) is -3.48. The van der Waals surface area contributed by atoms with Gasteiger partial charge in [-0.25, -0.2) is 8.42 Å². The number of para-hydroxylation sites is 1. The third kappa shape index (κ3) is 5.51. The predicted octanol–water partition coefficient (Wildman–Crippen LogP) is 2.94. The van der Waals surface area contributed by atoms with Crippen molar-refractivity contribution < 1.29 is 17.9 Å². The fourth-order valence-electron chi connectivity index (χ4n) is 2.87. The lowest BCUT2D eigenvalue weighted by molar-refractivity contribution is 0.0958. The molecule has 0 aliphatic carbocycles. The van der Waals surface area contributed by atoms with E-state index >= 15 is 0 Å². The van der Waals surface area contributed by atoms with Crippen molar-refractivity contribution in [2.75, 3.05) is 26.2 Å². The van der Waals surface area contributed by atoms with Gasteiger partial charge in [0.25, 0.3) is 5.91 Å². The van der Waals surface area contributed by atoms with Crippen molar-refractivity contribution in [3.8, 4) is 17.6 Å². The molecule has 1 aliphatic heterocycles. The van der Waals surface area contributed by atoms with Crippen LogP contribution in [0.15, 0.2) is 53.4 Å². The Balaban J connectivity index is 1.48. The summed E-state index contributed by atoms with van der Waals surface area (Å²) in [5, 5.41) is 3.18. The summed E-state index contributed by atoms with van der Waals surface area (Å²) in [6.45, 7) is 1.40. The Labute approximate surface area is 175 Å². The molecule has 1 saturated heterocycles. The quantitative estimate of drug-likeness (QED) is 0.712. The number of hydrogen-bond acceptors (Lipinski definition) is 4. The van der Waals surface area contributed by atoms with E-state index in [9.17, 15) is 13.2 Å². The zero-order valence-electron chi connectivity index (χ0n) is 15.7. The second-order valence-electron chi connectivity index (χ2n) is 6.39. The van der Waals surface area contributed by atoms with Crippen molar-refractivity contribution in [1.82, 2.24) is 9.62 Å². The summed E-state index contributed by atoms with van der Waals surface area (Å²) >= 11 is 5.98. The smallest absolute Gasteiger partial charge is 0.252 e. The van der Waals surface area contributed by atoms with Crippen LogP contribution in [0.4, 0.5) is 0 Å². The van der Waals surface area contributed by atoms with E-state index in [2.05, 4.69) is 17.2 Å². The summed E-state index contributed by atoms with van der Waals surface area (Å²) in [6, 6.07) is 13.0. The molecule has 6 nitrogen and oxygen atoms in total. The van der Waals surface area contributed by atoms with Gasteiger partial charge >= 0.3 is 0 Å². The third-order valence-corrected chi connectivity index (χ3v) is 6.64. The summed E-state index contributed by atoms with van der Waals surface area (Å²) in [6.07, 6.45) is 1.76. The van der Waals surface area contributed by atoms with E-state index in [4.69, 9.17) is 16.3 Å². The van der Waals surface area contributed by atoms with Crippen molar-refractivity contribution in [2.24, 2.45) is 0 Å². The van der Waals surface area contributed by atoms with Crippen molar-refractivity contribution >= 4 is 27.5 Å². The van der Waals surface area contributed by atoms with Gasteiger partial charge < -0.3 is 10.1 Å². The highest BCUT2D eigenvalue weighted by atomic mass is 35.5. The number of sulfonamides is 1. The van der Waals surface area contributed by atoms with Crippen LogP contribution in [0.1, 0.15) is 23.2 Å². The summed E-state index contributed by atoms with van der Waals surface area (Å²) in [5.41, 5.74) is 0.375. The Morgan fingerprint density at radius 1 is 1.07 bits per heavy atom. The Hall–Kier alpha value is -2.53. The van der Waals surface area contributed by atoms with Crippen LogP contribution in [-0.2, 0) is 10.0 Å². The molecular formula is C21H21ClN2O4S. The zero-order chi connectivity index (χ0) is 20.7. The molecule has 1 amide bonds. The van der Waals surface area contributed by atoms with Gasteiger partial charge in [-0.15, -0.1) is 0 Å². The van der Waals surface area contributed by atoms with Crippen LogP contribution in [0.2, 0.25) is 5.02 Å². The van der Waals surface area contributed by atoms with E-state index in [1.165, 1.54) is 28.6 Å². The fraction of sp³-hybridized carbons (Fsp3) is 0.286. The average molecular weight is 433 g/mol. The first kappa shape index (κ1) is 21.2. The van der Waals surface area contributed by atoms with E-state index in [0.29, 0.717) is 29.4 Å². The number of carbonyl (C=O) groups excluding carboxylic acids is 1. The van der Waals surface area contributed by atoms with E-state index in [1.807, 2.05) is 12.1 Å². The Bertz CT molecular complexity index is 1020. The molecular weight excluding hydrogens is 412 g/mol. The maximum atomic E-state index is 12.5. The van der Waals surface area contributed by atoms with Gasteiger partial charge in [-0.05, 0) is 49.2 Å². The molecule has 1 N–H and O–H groups in total. The SMILES string of the molecule is O=C(NCC#CCOc1ccccc1Cl)c1ccc(S(=O)(=O)N2CCCC2)cc1. The molecule has 0 unspecified atom stereocenters. The van der Waals surface area contributed by atoms with Gasteiger partial charge in [-0.2, -0.15) is 4.31 Å². The second kappa shape index (κ2) is 9.79. The second-order valence-corrected chi connectivity index (χ2v) is 8.74. The molecule has 0 spiro atoms. The first-order valence-corrected chi connectivity index (χ1v) is 11.0. The van der Waals surface area contributed by atoms with Gasteiger partial charge in [-0.3, -0.25) is 4.79 Å². The summed E-state index contributed by atoms with van der Waals surface area (Å²) in [5.74, 6) is 5.82. The maximum Gasteiger partial charge on any atom is 0.252 e. The van der Waals surface area contributed by atoms with E-state index in [0.717, 1.165) is 12.8 Å². The number of amides is 1. The minimum atomic E-state index is -3.48. The number of benzene rings is 2. The molecule has 0 saturated carbocycles. The Morgan fingerprint density at radius 3 is 2.45 bits per heavy atom. The predicted molar refractivity (Wildman–Crippen MR) is 111 cm³/mol. The molecule has 0 bridgehead atoms. The van der Waals surface area contributed by atoms with Gasteiger partial charge in [0.15, 0.2) is 0 Å². The highest BCUT2D eigenvalue weighted by molar-refractivity contribution is 7.89. The van der Waals surface area contributed by atoms with Crippen molar-refractivity contribution in [2.45, 2.75) is 17.7 Å². The van der Waals surface area contributed by atoms with Crippen molar-refractivity contribution in [3.05, 3.63) is 59.1 Å². The van der Waals surface area contributed by atoms with Crippen LogP contribution in [0.5, 0.6) is 5.75 Å². The lowest BCUT2D eigenvalue weighted by atomic mass is 10.2. The van der Waals surface area contributed by atoms with Crippen molar-refractivity contribution in [3.63, 3.8) is 0 Å². The van der Waals surface area contributed by atoms with Gasteiger partial charge in [0.1, 0.15) is 12.4 Å². The first-order valence-electron chi connectivity index (χ1n) is 9.20. The van der Waals surface area contributed by atoms with Crippen molar-refractivity contribution in [1.29, 1.82) is 0 Å². The fourth-order valence-corrected chi connectivity index (χ4v) is 4.58. The average Bonchev–Trinajstić information content (AvgIpc) is 3.27. The molecule has 8 heteroatoms. The van der Waals surface area contributed by atoms with Crippen LogP contribution >= 0.6 is 11.6 Å². The first-order chi connectivity index (χ1) is 14.0. The summed E-state index contributed by atoms with van der Waals surface area (Å²) < 4.78 is 31.9. The van der Waals surface area contributed by atoms with E-state index in [1.54, 1.807) is 12.1 Å². The molecule has 0 atom stereocenters. The lowest BCUT2D eigenvalue weighted by Crippen LogP contribution is -2.28. The van der Waals surface area contributed by atoms with Crippen LogP contribution in [-0.4, -0.2) is 44.9 Å². The normalized spacial score (nSPS) is 14.1. The Morgan fingerprint density at radius 2 is 1.76 bits per heavy atom. The summed E-state index contributed by atoms with van der Waals surface area (Å²) in [4.78, 5) is 12.4. The molecule has 0 aromatic heterocycles. The van der Waals surface area contributed by atoms with Crippen LogP contribution < -0.4 is 10.1 Å². The molecule has 2 aromatic carbocycles. The molecule has 152 valence electrons. The van der Waals surface area contributed by atoms with Gasteiger partial charge in [0.2, 0.25) is 10.0 Å². The monoisotopic (exact) mass is 432 g/mol. The van der Waals surface area contributed by atoms with Gasteiger partial charge in [0.05, 0.1) is 16.5 Å². The Kier molecular flexibility index (Phi) is 7.15. The minimum absolute atomic E-state index is 0.151.